The fourth-order valence-electron chi connectivity index (χ4n) is 3.07. The van der Waals surface area contributed by atoms with Crippen molar-refractivity contribution in [3.8, 4) is 0 Å². The van der Waals surface area contributed by atoms with Gasteiger partial charge in [0.25, 0.3) is 0 Å². The third kappa shape index (κ3) is 4.99. The lowest BCUT2D eigenvalue weighted by Crippen LogP contribution is -2.54. The molecule has 10 nitrogen and oxygen atoms in total. The van der Waals surface area contributed by atoms with Gasteiger partial charge in [0, 0.05) is 41.8 Å². The first-order valence-corrected chi connectivity index (χ1v) is 9.02. The highest BCUT2D eigenvalue weighted by Crippen LogP contribution is 2.19. The topological polar surface area (TPSA) is 166 Å². The molecule has 0 radical (unpaired) electrons. The van der Waals surface area contributed by atoms with E-state index in [9.17, 15) is 19.5 Å². The molecule has 0 fully saturated rings. The van der Waals surface area contributed by atoms with Crippen LogP contribution in [-0.4, -0.2) is 56.5 Å². The number of hydrogen-bond acceptors (Lipinski definition) is 5. The fraction of sp³-hybridized carbons (Fsp3) is 0.263. The molecule has 2 unspecified atom stereocenters. The van der Waals surface area contributed by atoms with Crippen LogP contribution in [0.5, 0.6) is 0 Å². The summed E-state index contributed by atoms with van der Waals surface area (Å²) in [6.45, 7) is -0.284. The van der Waals surface area contributed by atoms with Crippen LogP contribution in [0.1, 0.15) is 11.3 Å². The van der Waals surface area contributed by atoms with E-state index in [2.05, 4.69) is 25.6 Å². The predicted molar refractivity (Wildman–Crippen MR) is 105 cm³/mol. The minimum atomic E-state index is -1.19. The van der Waals surface area contributed by atoms with Gasteiger partial charge < -0.3 is 31.4 Å². The minimum Gasteiger partial charge on any atom is -0.480 e. The molecule has 2 heterocycles. The van der Waals surface area contributed by atoms with E-state index in [1.807, 2.05) is 24.3 Å². The van der Waals surface area contributed by atoms with Crippen LogP contribution in [0.2, 0.25) is 0 Å². The van der Waals surface area contributed by atoms with Gasteiger partial charge in [-0.2, -0.15) is 0 Å². The van der Waals surface area contributed by atoms with E-state index in [0.29, 0.717) is 5.69 Å². The maximum atomic E-state index is 12.8. The minimum absolute atomic E-state index is 0.0334. The Kier molecular flexibility index (Phi) is 6.25. The first-order chi connectivity index (χ1) is 14.0. The van der Waals surface area contributed by atoms with E-state index < -0.39 is 29.9 Å². The van der Waals surface area contributed by atoms with Crippen molar-refractivity contribution in [2.75, 3.05) is 6.54 Å². The van der Waals surface area contributed by atoms with Gasteiger partial charge in [0.15, 0.2) is 0 Å². The number of carboxylic acids is 1. The number of carboxylic acid groups (broad SMARTS) is 1. The zero-order chi connectivity index (χ0) is 20.8. The Balaban J connectivity index is 1.78. The number of benzene rings is 1. The van der Waals surface area contributed by atoms with Crippen molar-refractivity contribution in [1.29, 1.82) is 0 Å². The van der Waals surface area contributed by atoms with Gasteiger partial charge >= 0.3 is 5.97 Å². The van der Waals surface area contributed by atoms with Crippen LogP contribution in [0.25, 0.3) is 10.9 Å². The number of H-pyrrole nitrogens is 2. The largest absolute Gasteiger partial charge is 0.480 e. The average molecular weight is 398 g/mol. The van der Waals surface area contributed by atoms with Gasteiger partial charge in [0.1, 0.15) is 12.1 Å². The summed E-state index contributed by atoms with van der Waals surface area (Å²) >= 11 is 0. The highest BCUT2D eigenvalue weighted by molar-refractivity contribution is 5.92. The zero-order valence-electron chi connectivity index (χ0n) is 15.5. The van der Waals surface area contributed by atoms with Crippen LogP contribution >= 0.6 is 0 Å². The Morgan fingerprint density at radius 1 is 1.10 bits per heavy atom. The van der Waals surface area contributed by atoms with E-state index in [1.54, 1.807) is 6.20 Å². The molecule has 1 aromatic carbocycles. The lowest BCUT2D eigenvalue weighted by atomic mass is 10.0. The molecule has 0 saturated carbocycles. The third-order valence-electron chi connectivity index (χ3n) is 4.53. The van der Waals surface area contributed by atoms with E-state index in [-0.39, 0.29) is 19.4 Å². The fourth-order valence-corrected chi connectivity index (χ4v) is 3.07. The number of nitrogens with two attached hydrogens (primary N) is 1. The SMILES string of the molecule is NCC(=O)NC(Cc1c[nH]c2ccccc12)C(=O)NC(Cc1cnc[nH]1)C(=O)O. The summed E-state index contributed by atoms with van der Waals surface area (Å²) < 4.78 is 0. The molecule has 29 heavy (non-hydrogen) atoms. The van der Waals surface area contributed by atoms with Gasteiger partial charge in [-0.15, -0.1) is 0 Å². The van der Waals surface area contributed by atoms with E-state index in [4.69, 9.17) is 5.73 Å². The number of carbonyl (C=O) groups is 3. The van der Waals surface area contributed by atoms with E-state index in [0.717, 1.165) is 16.5 Å². The second kappa shape index (κ2) is 9.02. The second-order valence-electron chi connectivity index (χ2n) is 6.57. The number of aromatic nitrogens is 3. The maximum Gasteiger partial charge on any atom is 0.326 e. The summed E-state index contributed by atoms with van der Waals surface area (Å²) in [4.78, 5) is 46.0. The molecule has 7 N–H and O–H groups in total. The second-order valence-corrected chi connectivity index (χ2v) is 6.57. The molecule has 10 heteroatoms. The van der Waals surface area contributed by atoms with Gasteiger partial charge in [0.2, 0.25) is 11.8 Å². The molecule has 0 saturated heterocycles. The number of aliphatic carboxylic acids is 1. The number of nitrogens with zero attached hydrogens (tertiary/aromatic N) is 1. The molecule has 2 atom stereocenters. The molecule has 0 bridgehead atoms. The maximum absolute atomic E-state index is 12.8. The summed E-state index contributed by atoms with van der Waals surface area (Å²) in [7, 11) is 0. The standard InChI is InChI=1S/C19H22N6O4/c20-7-17(26)24-15(5-11-8-22-14-4-2-1-3-13(11)14)18(27)25-16(19(28)29)6-12-9-21-10-23-12/h1-4,8-10,15-16,22H,5-7,20H2,(H,21,23)(H,24,26)(H,25,27)(H,28,29). The van der Waals surface area contributed by atoms with Crippen LogP contribution in [0.3, 0.4) is 0 Å². The van der Waals surface area contributed by atoms with Crippen LogP contribution in [-0.2, 0) is 27.2 Å². The quantitative estimate of drug-likeness (QED) is 0.289. The zero-order valence-corrected chi connectivity index (χ0v) is 15.5. The lowest BCUT2D eigenvalue weighted by molar-refractivity contribution is -0.142. The number of imidazole rings is 1. The third-order valence-corrected chi connectivity index (χ3v) is 4.53. The Morgan fingerprint density at radius 3 is 2.59 bits per heavy atom. The lowest BCUT2D eigenvalue weighted by Gasteiger charge is -2.21. The first-order valence-electron chi connectivity index (χ1n) is 9.02. The van der Waals surface area contributed by atoms with Crippen molar-refractivity contribution in [2.24, 2.45) is 5.73 Å². The number of rotatable bonds is 9. The van der Waals surface area contributed by atoms with Crippen molar-refractivity contribution < 1.29 is 19.5 Å². The summed E-state index contributed by atoms with van der Waals surface area (Å²) in [5.74, 6) is -2.31. The summed E-state index contributed by atoms with van der Waals surface area (Å²) in [6.07, 6.45) is 4.89. The summed E-state index contributed by atoms with van der Waals surface area (Å²) in [6, 6.07) is 5.40. The van der Waals surface area contributed by atoms with Crippen LogP contribution < -0.4 is 16.4 Å². The highest BCUT2D eigenvalue weighted by atomic mass is 16.4. The summed E-state index contributed by atoms with van der Waals surface area (Å²) in [5.41, 5.74) is 7.65. The van der Waals surface area contributed by atoms with Crippen molar-refractivity contribution >= 4 is 28.7 Å². The molecule has 0 spiro atoms. The average Bonchev–Trinajstić information content (AvgIpc) is 3.36. The predicted octanol–water partition coefficient (Wildman–Crippen LogP) is -0.311. The number of fused-ring (bicyclic) bond motifs is 1. The number of carbonyl (C=O) groups excluding carboxylic acids is 2. The number of amides is 2. The molecule has 0 aliphatic carbocycles. The van der Waals surface area contributed by atoms with Crippen molar-refractivity contribution in [1.82, 2.24) is 25.6 Å². The molecule has 3 rings (SSSR count). The normalized spacial score (nSPS) is 13.0. The smallest absolute Gasteiger partial charge is 0.326 e. The summed E-state index contributed by atoms with van der Waals surface area (Å²) in [5, 5.41) is 15.4. The molecule has 2 aromatic heterocycles. The monoisotopic (exact) mass is 398 g/mol. The number of nitrogens with one attached hydrogen (secondary N) is 4. The molecule has 0 aliphatic heterocycles. The van der Waals surface area contributed by atoms with Crippen LogP contribution in [0.15, 0.2) is 43.0 Å². The van der Waals surface area contributed by atoms with Gasteiger partial charge in [-0.25, -0.2) is 9.78 Å². The first kappa shape index (κ1) is 20.1. The van der Waals surface area contributed by atoms with Gasteiger partial charge in [0.05, 0.1) is 12.9 Å². The van der Waals surface area contributed by atoms with Crippen molar-refractivity contribution in [3.63, 3.8) is 0 Å². The van der Waals surface area contributed by atoms with E-state index >= 15 is 0 Å². The van der Waals surface area contributed by atoms with Crippen molar-refractivity contribution in [2.45, 2.75) is 24.9 Å². The number of hydrogen-bond donors (Lipinski definition) is 6. The van der Waals surface area contributed by atoms with Crippen LogP contribution in [0.4, 0.5) is 0 Å². The van der Waals surface area contributed by atoms with E-state index in [1.165, 1.54) is 12.5 Å². The molecule has 2 amide bonds. The number of para-hydroxylation sites is 1. The molecule has 0 aliphatic rings. The molecule has 3 aromatic rings. The van der Waals surface area contributed by atoms with Gasteiger partial charge in [-0.3, -0.25) is 9.59 Å². The van der Waals surface area contributed by atoms with Gasteiger partial charge in [-0.05, 0) is 11.6 Å². The van der Waals surface area contributed by atoms with Gasteiger partial charge in [-0.1, -0.05) is 18.2 Å². The Hall–Kier alpha value is -3.66. The van der Waals surface area contributed by atoms with Crippen molar-refractivity contribution in [3.05, 3.63) is 54.2 Å². The van der Waals surface area contributed by atoms with Crippen LogP contribution in [0, 0.1) is 0 Å². The number of aromatic amines is 2. The molecule has 152 valence electrons. The molecular weight excluding hydrogens is 376 g/mol. The Bertz CT molecular complexity index is 997. The Morgan fingerprint density at radius 2 is 1.90 bits per heavy atom. The highest BCUT2D eigenvalue weighted by Gasteiger charge is 2.27. The molecular formula is C19H22N6O4. The Labute approximate surface area is 165 Å².